The van der Waals surface area contributed by atoms with Gasteiger partial charge in [-0.25, -0.2) is 9.79 Å². The first kappa shape index (κ1) is 31.4. The minimum absolute atomic E-state index is 0.0880. The number of benzene rings is 2. The molecule has 0 amide bonds. The summed E-state index contributed by atoms with van der Waals surface area (Å²) >= 11 is 1.17. The van der Waals surface area contributed by atoms with E-state index >= 15 is 0 Å². The highest BCUT2D eigenvalue weighted by Crippen LogP contribution is 2.39. The van der Waals surface area contributed by atoms with Gasteiger partial charge in [0.1, 0.15) is 0 Å². The van der Waals surface area contributed by atoms with Crippen molar-refractivity contribution >= 4 is 29.4 Å². The van der Waals surface area contributed by atoms with Crippen LogP contribution in [0.2, 0.25) is 0 Å². The number of fused-ring (bicyclic) bond motifs is 1. The lowest BCUT2D eigenvalue weighted by Gasteiger charge is -2.25. The number of hydrogen-bond donors (Lipinski definition) is 0. The van der Waals surface area contributed by atoms with Gasteiger partial charge in [-0.3, -0.25) is 14.2 Å². The molecule has 0 N–H and O–H groups in total. The molecule has 0 saturated carbocycles. The van der Waals surface area contributed by atoms with Crippen molar-refractivity contribution in [1.29, 1.82) is 0 Å². The fraction of sp³-hybridized carbons (Fsp3) is 0.355. The van der Waals surface area contributed by atoms with Gasteiger partial charge in [-0.05, 0) is 69.2 Å². The second-order valence-electron chi connectivity index (χ2n) is 9.73. The second-order valence-corrected chi connectivity index (χ2v) is 10.7. The summed E-state index contributed by atoms with van der Waals surface area (Å²) in [7, 11) is 4.40. The lowest BCUT2D eigenvalue weighted by Crippen LogP contribution is -2.40. The van der Waals surface area contributed by atoms with Crippen molar-refractivity contribution in [3.05, 3.63) is 72.4 Å². The molecule has 0 radical (unpaired) electrons. The van der Waals surface area contributed by atoms with Crippen LogP contribution >= 0.6 is 11.3 Å². The highest BCUT2D eigenvalue weighted by atomic mass is 32.1. The number of rotatable bonds is 10. The van der Waals surface area contributed by atoms with Crippen molar-refractivity contribution in [2.75, 3.05) is 27.9 Å². The Hall–Kier alpha value is -4.58. The summed E-state index contributed by atoms with van der Waals surface area (Å²) in [6.45, 7) is 8.68. The Bertz CT molecular complexity index is 1740. The number of carbonyl (C=O) groups excluding carboxylic acids is 2. The fourth-order valence-electron chi connectivity index (χ4n) is 4.69. The van der Waals surface area contributed by atoms with Crippen LogP contribution in [-0.4, -0.2) is 50.5 Å². The Kier molecular flexibility index (Phi) is 9.59. The van der Waals surface area contributed by atoms with E-state index in [2.05, 4.69) is 4.99 Å². The van der Waals surface area contributed by atoms with Gasteiger partial charge < -0.3 is 28.4 Å². The van der Waals surface area contributed by atoms with Crippen LogP contribution < -0.4 is 38.6 Å². The molecule has 1 atom stereocenters. The first-order chi connectivity index (χ1) is 20.5. The van der Waals surface area contributed by atoms with Gasteiger partial charge in [0.2, 0.25) is 5.75 Å². The van der Waals surface area contributed by atoms with E-state index in [4.69, 9.17) is 28.4 Å². The molecule has 1 aliphatic heterocycles. The summed E-state index contributed by atoms with van der Waals surface area (Å²) in [5.74, 6) is 0.520. The number of nitrogens with zero attached hydrogens (tertiary/aromatic N) is 2. The molecule has 12 heteroatoms. The molecule has 0 aliphatic carbocycles. The number of methoxy groups -OCH3 is 3. The van der Waals surface area contributed by atoms with E-state index in [0.29, 0.717) is 37.7 Å². The van der Waals surface area contributed by atoms with E-state index in [1.165, 1.54) is 44.2 Å². The van der Waals surface area contributed by atoms with Gasteiger partial charge in [0.15, 0.2) is 27.8 Å². The average Bonchev–Trinajstić information content (AvgIpc) is 3.26. The second kappa shape index (κ2) is 13.2. The predicted octanol–water partition coefficient (Wildman–Crippen LogP) is 3.54. The molecule has 3 aromatic rings. The number of aromatic nitrogens is 1. The number of thiazole rings is 1. The summed E-state index contributed by atoms with van der Waals surface area (Å²) in [6, 6.07) is 7.72. The van der Waals surface area contributed by atoms with Crippen LogP contribution in [0.25, 0.3) is 6.08 Å². The Morgan fingerprint density at radius 3 is 2.23 bits per heavy atom. The van der Waals surface area contributed by atoms with Crippen molar-refractivity contribution < 1.29 is 38.0 Å². The van der Waals surface area contributed by atoms with Gasteiger partial charge in [-0.1, -0.05) is 17.4 Å². The lowest BCUT2D eigenvalue weighted by atomic mass is 9.95. The smallest absolute Gasteiger partial charge is 0.338 e. The number of ether oxygens (including phenoxy) is 6. The van der Waals surface area contributed by atoms with Gasteiger partial charge in [0.25, 0.3) is 5.56 Å². The Morgan fingerprint density at radius 2 is 1.67 bits per heavy atom. The number of allylic oxidation sites excluding steroid dienone is 1. The van der Waals surface area contributed by atoms with Crippen molar-refractivity contribution in [1.82, 2.24) is 4.57 Å². The van der Waals surface area contributed by atoms with Crippen LogP contribution in [0, 0.1) is 0 Å². The lowest BCUT2D eigenvalue weighted by molar-refractivity contribution is -0.139. The number of hydrogen-bond acceptors (Lipinski definition) is 11. The van der Waals surface area contributed by atoms with Gasteiger partial charge in [-0.15, -0.1) is 0 Å². The van der Waals surface area contributed by atoms with E-state index in [-0.39, 0.29) is 41.1 Å². The zero-order chi connectivity index (χ0) is 31.4. The summed E-state index contributed by atoms with van der Waals surface area (Å²) in [6.07, 6.45) is 1.57. The van der Waals surface area contributed by atoms with Crippen LogP contribution in [0.5, 0.6) is 28.7 Å². The van der Waals surface area contributed by atoms with Gasteiger partial charge >= 0.3 is 11.9 Å². The van der Waals surface area contributed by atoms with Crippen LogP contribution in [0.4, 0.5) is 0 Å². The zero-order valence-corrected chi connectivity index (χ0v) is 26.1. The summed E-state index contributed by atoms with van der Waals surface area (Å²) in [4.78, 5) is 43.9. The molecule has 0 saturated heterocycles. The number of esters is 2. The fourth-order valence-corrected chi connectivity index (χ4v) is 5.74. The molecule has 0 bridgehead atoms. The third kappa shape index (κ3) is 6.43. The van der Waals surface area contributed by atoms with Crippen molar-refractivity contribution in [3.63, 3.8) is 0 Å². The molecule has 4 rings (SSSR count). The maximum absolute atomic E-state index is 14.0. The monoisotopic (exact) mass is 610 g/mol. The maximum Gasteiger partial charge on any atom is 0.338 e. The highest BCUT2D eigenvalue weighted by molar-refractivity contribution is 7.07. The third-order valence-corrected chi connectivity index (χ3v) is 7.39. The Labute approximate surface area is 252 Å². The van der Waals surface area contributed by atoms with E-state index in [9.17, 15) is 14.4 Å². The average molecular weight is 611 g/mol. The molecule has 228 valence electrons. The molecule has 43 heavy (non-hydrogen) atoms. The summed E-state index contributed by atoms with van der Waals surface area (Å²) < 4.78 is 34.8. The van der Waals surface area contributed by atoms with Gasteiger partial charge in [0, 0.05) is 6.92 Å². The molecule has 2 heterocycles. The minimum atomic E-state index is -0.838. The van der Waals surface area contributed by atoms with E-state index < -0.39 is 18.0 Å². The number of carbonyl (C=O) groups is 2. The van der Waals surface area contributed by atoms with E-state index in [0.717, 1.165) is 0 Å². The molecular weight excluding hydrogens is 576 g/mol. The quantitative estimate of drug-likeness (QED) is 0.251. The SMILES string of the molecule is CCOC(=O)C1=C(C)N=c2s/c(=C/c3cc(OC)c(OC(C)=O)c(OC)c3)c(=O)n2[C@@H]1c1ccc(OC(C)C)c(OC)c1. The molecule has 1 aliphatic rings. The topological polar surface area (TPSA) is 124 Å². The minimum Gasteiger partial charge on any atom is -0.493 e. The van der Waals surface area contributed by atoms with Crippen LogP contribution in [0.3, 0.4) is 0 Å². The Balaban J connectivity index is 1.94. The van der Waals surface area contributed by atoms with Crippen LogP contribution in [0.1, 0.15) is 51.8 Å². The standard InChI is InChI=1S/C31H34N2O9S/c1-9-40-30(36)26-17(4)32-31-33(27(26)20-10-11-21(41-16(2)3)22(15-20)37-6)29(35)25(43-31)14-19-12-23(38-7)28(42-18(5)34)24(13-19)39-8/h10-16,27H,9H2,1-8H3/b25-14+/t27-/m1/s1. The van der Waals surface area contributed by atoms with Crippen molar-refractivity contribution in [3.8, 4) is 28.7 Å². The van der Waals surface area contributed by atoms with Crippen LogP contribution in [0.15, 0.2) is 51.4 Å². The zero-order valence-electron chi connectivity index (χ0n) is 25.3. The normalized spacial score (nSPS) is 14.6. The van der Waals surface area contributed by atoms with Gasteiger partial charge in [0.05, 0.1) is 55.9 Å². The largest absolute Gasteiger partial charge is 0.493 e. The van der Waals surface area contributed by atoms with Crippen LogP contribution in [-0.2, 0) is 14.3 Å². The third-order valence-electron chi connectivity index (χ3n) is 6.41. The highest BCUT2D eigenvalue weighted by Gasteiger charge is 2.34. The maximum atomic E-state index is 14.0. The van der Waals surface area contributed by atoms with Crippen molar-refractivity contribution in [2.45, 2.75) is 46.8 Å². The first-order valence-electron chi connectivity index (χ1n) is 13.5. The molecule has 0 fully saturated rings. The molecular formula is C31H34N2O9S. The summed E-state index contributed by atoms with van der Waals surface area (Å²) in [5.41, 5.74) is 1.49. The molecule has 1 aromatic heterocycles. The van der Waals surface area contributed by atoms with Gasteiger partial charge in [-0.2, -0.15) is 0 Å². The van der Waals surface area contributed by atoms with Crippen molar-refractivity contribution in [2.24, 2.45) is 4.99 Å². The first-order valence-corrected chi connectivity index (χ1v) is 14.3. The molecule has 11 nitrogen and oxygen atoms in total. The molecule has 2 aromatic carbocycles. The molecule has 0 spiro atoms. The Morgan fingerprint density at radius 1 is 1.02 bits per heavy atom. The molecule has 0 unspecified atom stereocenters. The predicted molar refractivity (Wildman–Crippen MR) is 160 cm³/mol. The summed E-state index contributed by atoms with van der Waals surface area (Å²) in [5, 5.41) is 0. The van der Waals surface area contributed by atoms with E-state index in [1.807, 2.05) is 13.8 Å². The van der Waals surface area contributed by atoms with E-state index in [1.54, 1.807) is 50.3 Å².